The van der Waals surface area contributed by atoms with Gasteiger partial charge in [0.1, 0.15) is 0 Å². The van der Waals surface area contributed by atoms with Crippen molar-refractivity contribution in [1.29, 1.82) is 0 Å². The minimum absolute atomic E-state index is 0.160. The van der Waals surface area contributed by atoms with Gasteiger partial charge in [-0.2, -0.15) is 0 Å². The molecule has 0 aliphatic heterocycles. The molecule has 0 fully saturated rings. The molecule has 0 bridgehead atoms. The van der Waals surface area contributed by atoms with Crippen molar-refractivity contribution in [2.75, 3.05) is 33.9 Å². The molecule has 2 N–H and O–H groups in total. The molecule has 0 aliphatic carbocycles. The monoisotopic (exact) mass is 174 g/mol. The summed E-state index contributed by atoms with van der Waals surface area (Å²) >= 11 is 0. The molecular weight excluding hydrogens is 152 g/mol. The van der Waals surface area contributed by atoms with E-state index in [1.807, 2.05) is 21.0 Å². The Morgan fingerprint density at radius 3 is 2.42 bits per heavy atom. The van der Waals surface area contributed by atoms with Crippen molar-refractivity contribution in [2.24, 2.45) is 5.73 Å². The van der Waals surface area contributed by atoms with Crippen LogP contribution in [0.2, 0.25) is 0 Å². The van der Waals surface area contributed by atoms with Crippen LogP contribution in [0.4, 0.5) is 0 Å². The molecule has 0 saturated carbocycles. The summed E-state index contributed by atoms with van der Waals surface area (Å²) in [5, 5.41) is 0. The maximum absolute atomic E-state index is 5.89. The van der Waals surface area contributed by atoms with Gasteiger partial charge in [-0.05, 0) is 27.4 Å². The van der Waals surface area contributed by atoms with Gasteiger partial charge in [-0.25, -0.2) is 0 Å². The van der Waals surface area contributed by atoms with E-state index in [0.29, 0.717) is 6.61 Å². The molecule has 0 amide bonds. The third-order valence-corrected chi connectivity index (χ3v) is 1.92. The molecule has 0 aromatic heterocycles. The second-order valence-corrected chi connectivity index (χ2v) is 3.86. The lowest BCUT2D eigenvalue weighted by Gasteiger charge is -2.22. The number of likely N-dealkylation sites (N-methyl/N-ethyl adjacent to an activating group) is 1. The van der Waals surface area contributed by atoms with Gasteiger partial charge in [0.05, 0.1) is 13.2 Å². The molecule has 0 aromatic carbocycles. The van der Waals surface area contributed by atoms with Crippen molar-refractivity contribution in [3.63, 3.8) is 0 Å². The molecular formula is C9H22N2O. The number of rotatable bonds is 6. The van der Waals surface area contributed by atoms with Gasteiger partial charge in [-0.1, -0.05) is 6.92 Å². The second-order valence-electron chi connectivity index (χ2n) is 3.86. The van der Waals surface area contributed by atoms with Crippen molar-refractivity contribution >= 4 is 0 Å². The summed E-state index contributed by atoms with van der Waals surface area (Å²) < 4.78 is 5.43. The van der Waals surface area contributed by atoms with E-state index in [9.17, 15) is 0 Å². The van der Waals surface area contributed by atoms with Crippen molar-refractivity contribution in [3.05, 3.63) is 0 Å². The molecule has 3 heteroatoms. The van der Waals surface area contributed by atoms with Crippen molar-refractivity contribution in [1.82, 2.24) is 4.90 Å². The molecule has 0 spiro atoms. The Labute approximate surface area is 75.9 Å². The molecule has 1 atom stereocenters. The van der Waals surface area contributed by atoms with E-state index in [1.165, 1.54) is 0 Å². The van der Waals surface area contributed by atoms with Gasteiger partial charge in [0.15, 0.2) is 0 Å². The highest BCUT2D eigenvalue weighted by Gasteiger charge is 2.14. The molecule has 12 heavy (non-hydrogen) atoms. The average molecular weight is 174 g/mol. The number of ether oxygens (including phenoxy) is 1. The summed E-state index contributed by atoms with van der Waals surface area (Å²) in [5.41, 5.74) is 5.73. The van der Waals surface area contributed by atoms with Gasteiger partial charge >= 0.3 is 0 Å². The highest BCUT2D eigenvalue weighted by atomic mass is 16.5. The Morgan fingerprint density at radius 2 is 2.00 bits per heavy atom. The Bertz CT molecular complexity index is 113. The van der Waals surface area contributed by atoms with Gasteiger partial charge in [-0.15, -0.1) is 0 Å². The summed E-state index contributed by atoms with van der Waals surface area (Å²) in [6.07, 6.45) is 0.953. The first-order chi connectivity index (χ1) is 5.48. The second kappa shape index (κ2) is 5.51. The smallest absolute Gasteiger partial charge is 0.0643 e. The van der Waals surface area contributed by atoms with Gasteiger partial charge in [0, 0.05) is 12.1 Å². The van der Waals surface area contributed by atoms with Crippen LogP contribution in [0.1, 0.15) is 20.3 Å². The van der Waals surface area contributed by atoms with E-state index in [-0.39, 0.29) is 5.54 Å². The predicted molar refractivity (Wildman–Crippen MR) is 52.3 cm³/mol. The average Bonchev–Trinajstić information content (AvgIpc) is 1.98. The normalized spacial score (nSPS) is 16.5. The van der Waals surface area contributed by atoms with Crippen LogP contribution in [0.3, 0.4) is 0 Å². The lowest BCUT2D eigenvalue weighted by Crippen LogP contribution is -2.41. The van der Waals surface area contributed by atoms with Crippen LogP contribution in [0.5, 0.6) is 0 Å². The van der Waals surface area contributed by atoms with Crippen LogP contribution in [-0.4, -0.2) is 44.3 Å². The molecule has 0 rings (SSSR count). The largest absolute Gasteiger partial charge is 0.378 e. The first kappa shape index (κ1) is 11.9. The fraction of sp³-hybridized carbons (Fsp3) is 1.00. The molecule has 3 nitrogen and oxygen atoms in total. The fourth-order valence-electron chi connectivity index (χ4n) is 0.655. The van der Waals surface area contributed by atoms with Gasteiger partial charge < -0.3 is 15.4 Å². The molecule has 0 radical (unpaired) electrons. The molecule has 74 valence electrons. The van der Waals surface area contributed by atoms with Gasteiger partial charge in [-0.3, -0.25) is 0 Å². The summed E-state index contributed by atoms with van der Waals surface area (Å²) in [6.45, 7) is 6.47. The maximum atomic E-state index is 5.89. The third kappa shape index (κ3) is 6.58. The van der Waals surface area contributed by atoms with Crippen LogP contribution in [0.25, 0.3) is 0 Å². The van der Waals surface area contributed by atoms with Crippen LogP contribution in [0.15, 0.2) is 0 Å². The first-order valence-corrected chi connectivity index (χ1v) is 4.49. The molecule has 0 heterocycles. The zero-order chi connectivity index (χ0) is 9.61. The Balaban J connectivity index is 3.31. The van der Waals surface area contributed by atoms with E-state index in [1.54, 1.807) is 0 Å². The number of nitrogens with zero attached hydrogens (tertiary/aromatic N) is 1. The summed E-state index contributed by atoms with van der Waals surface area (Å²) in [4.78, 5) is 2.10. The Kier molecular flexibility index (Phi) is 5.46. The zero-order valence-electron chi connectivity index (χ0n) is 8.76. The highest BCUT2D eigenvalue weighted by molar-refractivity contribution is 4.75. The Morgan fingerprint density at radius 1 is 1.42 bits per heavy atom. The van der Waals surface area contributed by atoms with Crippen LogP contribution >= 0.6 is 0 Å². The quantitative estimate of drug-likeness (QED) is 0.602. The molecule has 1 unspecified atom stereocenters. The summed E-state index contributed by atoms with van der Waals surface area (Å²) in [7, 11) is 4.07. The minimum Gasteiger partial charge on any atom is -0.378 e. The predicted octanol–water partition coefficient (Wildman–Crippen LogP) is 0.692. The number of nitrogens with two attached hydrogens (primary N) is 1. The minimum atomic E-state index is -0.160. The van der Waals surface area contributed by atoms with Crippen molar-refractivity contribution < 1.29 is 4.74 Å². The highest BCUT2D eigenvalue weighted by Crippen LogP contribution is 2.04. The van der Waals surface area contributed by atoms with E-state index < -0.39 is 0 Å². The SMILES string of the molecule is CCC(C)(N)COCCN(C)C. The number of hydrogen-bond donors (Lipinski definition) is 1. The van der Waals surface area contributed by atoms with Gasteiger partial charge in [0.25, 0.3) is 0 Å². The fourth-order valence-corrected chi connectivity index (χ4v) is 0.655. The number of hydrogen-bond acceptors (Lipinski definition) is 3. The standard InChI is InChI=1S/C9H22N2O/c1-5-9(2,10)8-12-7-6-11(3)4/h5-8,10H2,1-4H3. The first-order valence-electron chi connectivity index (χ1n) is 4.49. The topological polar surface area (TPSA) is 38.5 Å². The third-order valence-electron chi connectivity index (χ3n) is 1.92. The maximum Gasteiger partial charge on any atom is 0.0643 e. The summed E-state index contributed by atoms with van der Waals surface area (Å²) in [5.74, 6) is 0. The lowest BCUT2D eigenvalue weighted by molar-refractivity contribution is 0.0787. The molecule has 0 aromatic rings. The lowest BCUT2D eigenvalue weighted by atomic mass is 10.0. The molecule has 0 aliphatic rings. The molecule has 0 saturated heterocycles. The van der Waals surface area contributed by atoms with E-state index in [4.69, 9.17) is 10.5 Å². The van der Waals surface area contributed by atoms with Crippen LogP contribution < -0.4 is 5.73 Å². The van der Waals surface area contributed by atoms with Crippen LogP contribution in [-0.2, 0) is 4.74 Å². The zero-order valence-corrected chi connectivity index (χ0v) is 8.76. The van der Waals surface area contributed by atoms with Crippen molar-refractivity contribution in [3.8, 4) is 0 Å². The summed E-state index contributed by atoms with van der Waals surface area (Å²) in [6, 6.07) is 0. The Hall–Kier alpha value is -0.120. The van der Waals surface area contributed by atoms with E-state index in [0.717, 1.165) is 19.6 Å². The van der Waals surface area contributed by atoms with E-state index >= 15 is 0 Å². The van der Waals surface area contributed by atoms with Crippen LogP contribution in [0, 0.1) is 0 Å². The van der Waals surface area contributed by atoms with Gasteiger partial charge in [0.2, 0.25) is 0 Å². The van der Waals surface area contributed by atoms with Crippen molar-refractivity contribution in [2.45, 2.75) is 25.8 Å². The van der Waals surface area contributed by atoms with E-state index in [2.05, 4.69) is 11.8 Å².